The summed E-state index contributed by atoms with van der Waals surface area (Å²) in [6, 6.07) is 1.99. The van der Waals surface area contributed by atoms with Crippen LogP contribution >= 0.6 is 0 Å². The van der Waals surface area contributed by atoms with E-state index in [9.17, 15) is 0 Å². The first-order chi connectivity index (χ1) is 6.66. The molecule has 0 unspecified atom stereocenters. The van der Waals surface area contributed by atoms with Crippen molar-refractivity contribution in [2.75, 3.05) is 0 Å². The normalized spacial score (nSPS) is 9.79. The van der Waals surface area contributed by atoms with Crippen molar-refractivity contribution >= 4 is 5.78 Å². The number of rotatable bonds is 0. The summed E-state index contributed by atoms with van der Waals surface area (Å²) in [5.74, 6) is 1.45. The lowest BCUT2D eigenvalue weighted by atomic mass is 10.4. The van der Waals surface area contributed by atoms with Crippen LogP contribution in [0.15, 0.2) is 6.07 Å². The van der Waals surface area contributed by atoms with Crippen molar-refractivity contribution in [3.05, 3.63) is 23.3 Å². The fourth-order valence-corrected chi connectivity index (χ4v) is 1.27. The zero-order chi connectivity index (χ0) is 10.7. The second-order valence-corrected chi connectivity index (χ2v) is 2.91. The van der Waals surface area contributed by atoms with Gasteiger partial charge in [0.1, 0.15) is 5.82 Å². The topological polar surface area (TPSA) is 43.1 Å². The van der Waals surface area contributed by atoms with Gasteiger partial charge in [-0.25, -0.2) is 9.50 Å². The molecule has 0 radical (unpaired) electrons. The molecular formula is C10H16N4. The predicted molar refractivity (Wildman–Crippen MR) is 56.3 cm³/mol. The van der Waals surface area contributed by atoms with Crippen molar-refractivity contribution in [1.29, 1.82) is 0 Å². The predicted octanol–water partition coefficient (Wildman–Crippen LogP) is 2.08. The maximum Gasteiger partial charge on any atom is 0.252 e. The molecule has 2 aromatic rings. The van der Waals surface area contributed by atoms with E-state index >= 15 is 0 Å². The second-order valence-electron chi connectivity index (χ2n) is 2.91. The molecule has 0 atom stereocenters. The molecule has 4 heteroatoms. The van der Waals surface area contributed by atoms with Gasteiger partial charge in [0, 0.05) is 11.4 Å². The summed E-state index contributed by atoms with van der Waals surface area (Å²) in [4.78, 5) is 8.42. The number of hydrogen-bond acceptors (Lipinski definition) is 3. The summed E-state index contributed by atoms with van der Waals surface area (Å²) in [5, 5.41) is 4.20. The SMILES string of the molecule is CC.Cc1cc(C)n2nc(C)nc2n1. The van der Waals surface area contributed by atoms with Gasteiger partial charge in [-0.3, -0.25) is 0 Å². The molecule has 0 aliphatic rings. The number of aryl methyl sites for hydroxylation is 3. The summed E-state index contributed by atoms with van der Waals surface area (Å²) >= 11 is 0. The van der Waals surface area contributed by atoms with Gasteiger partial charge in [0.2, 0.25) is 0 Å². The Kier molecular flexibility index (Phi) is 3.17. The Hall–Kier alpha value is -1.45. The Balaban J connectivity index is 0.000000461. The molecular weight excluding hydrogens is 176 g/mol. The van der Waals surface area contributed by atoms with Crippen LogP contribution in [0.3, 0.4) is 0 Å². The number of nitrogens with zero attached hydrogens (tertiary/aromatic N) is 4. The molecule has 2 heterocycles. The standard InChI is InChI=1S/C8H10N4.C2H6/c1-5-4-6(2)12-8(9-5)10-7(3)11-12;1-2/h4H,1-3H3;1-2H3. The first kappa shape index (κ1) is 10.6. The maximum atomic E-state index is 4.25. The largest absolute Gasteiger partial charge is 0.252 e. The van der Waals surface area contributed by atoms with E-state index in [2.05, 4.69) is 15.1 Å². The van der Waals surface area contributed by atoms with Crippen molar-refractivity contribution < 1.29 is 0 Å². The summed E-state index contributed by atoms with van der Waals surface area (Å²) in [5.41, 5.74) is 2.05. The molecule has 0 bridgehead atoms. The first-order valence-electron chi connectivity index (χ1n) is 4.84. The van der Waals surface area contributed by atoms with E-state index in [1.54, 1.807) is 4.52 Å². The first-order valence-corrected chi connectivity index (χ1v) is 4.84. The smallest absolute Gasteiger partial charge is 0.216 e. The van der Waals surface area contributed by atoms with Gasteiger partial charge in [0.25, 0.3) is 5.78 Å². The van der Waals surface area contributed by atoms with Crippen molar-refractivity contribution in [2.24, 2.45) is 0 Å². The molecule has 0 saturated carbocycles. The molecule has 0 N–H and O–H groups in total. The molecule has 0 aliphatic carbocycles. The second kappa shape index (κ2) is 4.17. The van der Waals surface area contributed by atoms with E-state index in [4.69, 9.17) is 0 Å². The Labute approximate surface area is 84.0 Å². The van der Waals surface area contributed by atoms with Crippen LogP contribution in [0.2, 0.25) is 0 Å². The molecule has 0 amide bonds. The van der Waals surface area contributed by atoms with E-state index in [1.807, 2.05) is 40.7 Å². The fraction of sp³-hybridized carbons (Fsp3) is 0.500. The van der Waals surface area contributed by atoms with E-state index in [1.165, 1.54) is 0 Å². The van der Waals surface area contributed by atoms with Gasteiger partial charge < -0.3 is 0 Å². The van der Waals surface area contributed by atoms with Gasteiger partial charge in [-0.05, 0) is 26.8 Å². The Morgan fingerprint density at radius 2 is 1.71 bits per heavy atom. The minimum atomic E-state index is 0.685. The third-order valence-electron chi connectivity index (χ3n) is 1.72. The molecule has 14 heavy (non-hydrogen) atoms. The molecule has 2 rings (SSSR count). The van der Waals surface area contributed by atoms with Crippen LogP contribution in [-0.4, -0.2) is 19.6 Å². The Bertz CT molecular complexity index is 431. The van der Waals surface area contributed by atoms with Crippen LogP contribution in [0, 0.1) is 20.8 Å². The van der Waals surface area contributed by atoms with E-state index in [-0.39, 0.29) is 0 Å². The molecule has 0 fully saturated rings. The van der Waals surface area contributed by atoms with Crippen molar-refractivity contribution in [1.82, 2.24) is 19.6 Å². The van der Waals surface area contributed by atoms with Crippen LogP contribution in [-0.2, 0) is 0 Å². The number of hydrogen-bond donors (Lipinski definition) is 0. The zero-order valence-electron chi connectivity index (χ0n) is 9.37. The third kappa shape index (κ3) is 1.89. The van der Waals surface area contributed by atoms with Crippen LogP contribution in [0.1, 0.15) is 31.1 Å². The Morgan fingerprint density at radius 3 is 2.36 bits per heavy atom. The van der Waals surface area contributed by atoms with Gasteiger partial charge in [-0.15, -0.1) is 0 Å². The molecule has 0 saturated heterocycles. The van der Waals surface area contributed by atoms with Gasteiger partial charge in [-0.1, -0.05) is 13.8 Å². The van der Waals surface area contributed by atoms with Gasteiger partial charge in [0.05, 0.1) is 0 Å². The lowest BCUT2D eigenvalue weighted by Gasteiger charge is -1.97. The van der Waals surface area contributed by atoms with Gasteiger partial charge in [-0.2, -0.15) is 10.1 Å². The van der Waals surface area contributed by atoms with E-state index in [0.717, 1.165) is 17.2 Å². The van der Waals surface area contributed by atoms with Crippen LogP contribution in [0.5, 0.6) is 0 Å². The minimum Gasteiger partial charge on any atom is -0.216 e. The Morgan fingerprint density at radius 1 is 1.07 bits per heavy atom. The summed E-state index contributed by atoms with van der Waals surface area (Å²) in [6.45, 7) is 9.82. The quantitative estimate of drug-likeness (QED) is 0.641. The fourth-order valence-electron chi connectivity index (χ4n) is 1.27. The molecule has 2 aromatic heterocycles. The van der Waals surface area contributed by atoms with Crippen molar-refractivity contribution in [3.8, 4) is 0 Å². The summed E-state index contributed by atoms with van der Waals surface area (Å²) in [6.07, 6.45) is 0. The van der Waals surface area contributed by atoms with Crippen LogP contribution in [0.25, 0.3) is 5.78 Å². The average molecular weight is 192 g/mol. The van der Waals surface area contributed by atoms with E-state index < -0.39 is 0 Å². The highest BCUT2D eigenvalue weighted by atomic mass is 15.3. The van der Waals surface area contributed by atoms with Crippen LogP contribution in [0.4, 0.5) is 0 Å². The van der Waals surface area contributed by atoms with Crippen molar-refractivity contribution in [2.45, 2.75) is 34.6 Å². The highest BCUT2D eigenvalue weighted by Gasteiger charge is 2.02. The van der Waals surface area contributed by atoms with Gasteiger partial charge in [0.15, 0.2) is 0 Å². The molecule has 0 spiro atoms. The maximum absolute atomic E-state index is 4.25. The summed E-state index contributed by atoms with van der Waals surface area (Å²) < 4.78 is 1.75. The molecule has 0 aromatic carbocycles. The highest BCUT2D eigenvalue weighted by Crippen LogP contribution is 2.03. The average Bonchev–Trinajstić information content (AvgIpc) is 2.49. The van der Waals surface area contributed by atoms with Crippen LogP contribution < -0.4 is 0 Å². The summed E-state index contributed by atoms with van der Waals surface area (Å²) in [7, 11) is 0. The minimum absolute atomic E-state index is 0.685. The third-order valence-corrected chi connectivity index (χ3v) is 1.72. The molecule has 76 valence electrons. The monoisotopic (exact) mass is 192 g/mol. The molecule has 0 aliphatic heterocycles. The zero-order valence-corrected chi connectivity index (χ0v) is 9.37. The number of aromatic nitrogens is 4. The lowest BCUT2D eigenvalue weighted by molar-refractivity contribution is 0.870. The molecule has 4 nitrogen and oxygen atoms in total. The van der Waals surface area contributed by atoms with Crippen molar-refractivity contribution in [3.63, 3.8) is 0 Å². The number of fused-ring (bicyclic) bond motifs is 1. The van der Waals surface area contributed by atoms with Gasteiger partial charge >= 0.3 is 0 Å². The lowest BCUT2D eigenvalue weighted by Crippen LogP contribution is -1.97. The van der Waals surface area contributed by atoms with E-state index in [0.29, 0.717) is 5.78 Å². The highest BCUT2D eigenvalue weighted by molar-refractivity contribution is 5.30.